The van der Waals surface area contributed by atoms with Crippen molar-refractivity contribution in [2.24, 2.45) is 7.05 Å². The molecular weight excluding hydrogens is 214 g/mol. The number of aryl methyl sites for hydroxylation is 1. The summed E-state index contributed by atoms with van der Waals surface area (Å²) < 4.78 is 1.99. The van der Waals surface area contributed by atoms with Gasteiger partial charge in [0.2, 0.25) is 0 Å². The summed E-state index contributed by atoms with van der Waals surface area (Å²) in [7, 11) is 1.97. The molecule has 2 aromatic rings. The topological polar surface area (TPSA) is 55.6 Å². The predicted octanol–water partition coefficient (Wildman–Crippen LogP) is 1.37. The van der Waals surface area contributed by atoms with Gasteiger partial charge in [0.1, 0.15) is 11.6 Å². The van der Waals surface area contributed by atoms with Crippen molar-refractivity contribution in [3.63, 3.8) is 0 Å². The van der Waals surface area contributed by atoms with Gasteiger partial charge in [-0.1, -0.05) is 6.07 Å². The molecule has 5 heteroatoms. The summed E-state index contributed by atoms with van der Waals surface area (Å²) in [6.07, 6.45) is 3.65. The van der Waals surface area contributed by atoms with Crippen molar-refractivity contribution in [1.82, 2.24) is 25.1 Å². The van der Waals surface area contributed by atoms with Crippen LogP contribution < -0.4 is 5.32 Å². The third kappa shape index (κ3) is 2.68. The van der Waals surface area contributed by atoms with Gasteiger partial charge in [0.05, 0.1) is 6.54 Å². The van der Waals surface area contributed by atoms with Crippen LogP contribution in [-0.4, -0.2) is 19.7 Å². The maximum Gasteiger partial charge on any atom is 0.146 e. The smallest absolute Gasteiger partial charge is 0.146 e. The van der Waals surface area contributed by atoms with Crippen molar-refractivity contribution in [3.05, 3.63) is 41.7 Å². The highest BCUT2D eigenvalue weighted by Crippen LogP contribution is 2.10. The summed E-state index contributed by atoms with van der Waals surface area (Å²) in [6, 6.07) is 4.26. The van der Waals surface area contributed by atoms with E-state index in [1.54, 1.807) is 6.20 Å². The Hall–Kier alpha value is -1.75. The van der Waals surface area contributed by atoms with E-state index in [-0.39, 0.29) is 6.04 Å². The summed E-state index contributed by atoms with van der Waals surface area (Å²) in [5.74, 6) is 1.87. The monoisotopic (exact) mass is 231 g/mol. The molecule has 0 fully saturated rings. The van der Waals surface area contributed by atoms with Crippen LogP contribution in [0.3, 0.4) is 0 Å². The lowest BCUT2D eigenvalue weighted by molar-refractivity contribution is 0.546. The molecule has 2 rings (SSSR count). The van der Waals surface area contributed by atoms with Gasteiger partial charge in [-0.25, -0.2) is 0 Å². The molecule has 0 spiro atoms. The van der Waals surface area contributed by atoms with Gasteiger partial charge in [0.25, 0.3) is 0 Å². The van der Waals surface area contributed by atoms with Gasteiger partial charge >= 0.3 is 0 Å². The van der Waals surface area contributed by atoms with Crippen molar-refractivity contribution in [2.75, 3.05) is 0 Å². The lowest BCUT2D eigenvalue weighted by atomic mass is 10.1. The molecule has 0 radical (unpaired) electrons. The van der Waals surface area contributed by atoms with Crippen molar-refractivity contribution < 1.29 is 0 Å². The molecule has 5 nitrogen and oxygen atoms in total. The summed E-state index contributed by atoms with van der Waals surface area (Å²) in [5.41, 5.74) is 1.17. The molecule has 0 bridgehead atoms. The average Bonchev–Trinajstić information content (AvgIpc) is 2.68. The van der Waals surface area contributed by atoms with Crippen LogP contribution in [0, 0.1) is 6.92 Å². The number of nitrogens with one attached hydrogen (secondary N) is 1. The highest BCUT2D eigenvalue weighted by molar-refractivity contribution is 5.12. The molecule has 0 saturated carbocycles. The van der Waals surface area contributed by atoms with Crippen molar-refractivity contribution in [1.29, 1.82) is 0 Å². The predicted molar refractivity (Wildman–Crippen MR) is 65.2 cm³/mol. The average molecular weight is 231 g/mol. The van der Waals surface area contributed by atoms with Crippen molar-refractivity contribution in [2.45, 2.75) is 26.4 Å². The maximum absolute atomic E-state index is 4.12. The third-order valence-electron chi connectivity index (χ3n) is 2.93. The summed E-state index contributed by atoms with van der Waals surface area (Å²) in [4.78, 5) is 4.11. The molecule has 0 amide bonds. The van der Waals surface area contributed by atoms with Crippen LogP contribution in [0.2, 0.25) is 0 Å². The van der Waals surface area contributed by atoms with Crippen molar-refractivity contribution >= 4 is 0 Å². The highest BCUT2D eigenvalue weighted by atomic mass is 15.3. The molecule has 0 saturated heterocycles. The first-order valence-corrected chi connectivity index (χ1v) is 5.66. The minimum atomic E-state index is 0.251. The molecule has 0 aliphatic carbocycles. The van der Waals surface area contributed by atoms with E-state index in [2.05, 4.69) is 33.5 Å². The van der Waals surface area contributed by atoms with E-state index >= 15 is 0 Å². The molecule has 2 heterocycles. The van der Waals surface area contributed by atoms with Gasteiger partial charge < -0.3 is 9.88 Å². The van der Waals surface area contributed by atoms with Crippen LogP contribution in [0.25, 0.3) is 0 Å². The number of nitrogens with zero attached hydrogens (tertiary/aromatic N) is 4. The van der Waals surface area contributed by atoms with Crippen LogP contribution >= 0.6 is 0 Å². The molecule has 0 aromatic carbocycles. The fraction of sp³-hybridized carbons (Fsp3) is 0.417. The number of hydrogen-bond donors (Lipinski definition) is 1. The number of rotatable bonds is 4. The highest BCUT2D eigenvalue weighted by Gasteiger charge is 2.08. The molecule has 1 N–H and O–H groups in total. The van der Waals surface area contributed by atoms with E-state index in [1.165, 1.54) is 5.56 Å². The minimum absolute atomic E-state index is 0.251. The Labute approximate surface area is 101 Å². The quantitative estimate of drug-likeness (QED) is 0.863. The number of aromatic nitrogens is 4. The first-order valence-electron chi connectivity index (χ1n) is 5.66. The SMILES string of the molecule is Cc1nnc(CN[C@@H](C)c2cccnc2)n1C. The fourth-order valence-corrected chi connectivity index (χ4v) is 1.60. The first kappa shape index (κ1) is 11.7. The zero-order valence-electron chi connectivity index (χ0n) is 10.4. The van der Waals surface area contributed by atoms with Crippen molar-refractivity contribution in [3.8, 4) is 0 Å². The van der Waals surface area contributed by atoms with Gasteiger partial charge in [-0.15, -0.1) is 10.2 Å². The molecule has 0 aliphatic rings. The van der Waals surface area contributed by atoms with E-state index < -0.39 is 0 Å². The molecular formula is C12H17N5. The van der Waals surface area contributed by atoms with E-state index in [9.17, 15) is 0 Å². The molecule has 1 atom stereocenters. The zero-order valence-corrected chi connectivity index (χ0v) is 10.4. The normalized spacial score (nSPS) is 12.6. The Morgan fingerprint density at radius 3 is 2.82 bits per heavy atom. The Balaban J connectivity index is 1.97. The zero-order chi connectivity index (χ0) is 12.3. The third-order valence-corrected chi connectivity index (χ3v) is 2.93. The van der Waals surface area contributed by atoms with Crippen LogP contribution in [-0.2, 0) is 13.6 Å². The second kappa shape index (κ2) is 5.05. The Morgan fingerprint density at radius 2 is 2.24 bits per heavy atom. The Kier molecular flexibility index (Phi) is 3.49. The van der Waals surface area contributed by atoms with E-state index in [0.717, 1.165) is 11.6 Å². The Morgan fingerprint density at radius 1 is 1.41 bits per heavy atom. The molecule has 17 heavy (non-hydrogen) atoms. The number of hydrogen-bond acceptors (Lipinski definition) is 4. The lowest BCUT2D eigenvalue weighted by Crippen LogP contribution is -2.20. The first-order chi connectivity index (χ1) is 8.18. The summed E-state index contributed by atoms with van der Waals surface area (Å²) in [6.45, 7) is 4.76. The number of pyridine rings is 1. The molecule has 90 valence electrons. The lowest BCUT2D eigenvalue weighted by Gasteiger charge is -2.13. The van der Waals surface area contributed by atoms with Gasteiger partial charge in [-0.05, 0) is 25.5 Å². The summed E-state index contributed by atoms with van der Waals surface area (Å²) >= 11 is 0. The largest absolute Gasteiger partial charge is 0.317 e. The summed E-state index contributed by atoms with van der Waals surface area (Å²) in [5, 5.41) is 11.5. The van der Waals surface area contributed by atoms with E-state index in [1.807, 2.05) is 30.8 Å². The molecule has 0 aliphatic heterocycles. The van der Waals surface area contributed by atoms with Crippen LogP contribution in [0.4, 0.5) is 0 Å². The Bertz CT molecular complexity index is 477. The minimum Gasteiger partial charge on any atom is -0.317 e. The van der Waals surface area contributed by atoms with E-state index in [4.69, 9.17) is 0 Å². The van der Waals surface area contributed by atoms with Gasteiger partial charge in [0, 0.05) is 25.5 Å². The standard InChI is InChI=1S/C12H17N5/c1-9(11-5-4-6-13-7-11)14-8-12-16-15-10(2)17(12)3/h4-7,9,14H,8H2,1-3H3/t9-/m0/s1. The van der Waals surface area contributed by atoms with Gasteiger partial charge in [0.15, 0.2) is 0 Å². The van der Waals surface area contributed by atoms with Crippen LogP contribution in [0.5, 0.6) is 0 Å². The molecule has 2 aromatic heterocycles. The maximum atomic E-state index is 4.12. The second-order valence-corrected chi connectivity index (χ2v) is 4.11. The van der Waals surface area contributed by atoms with Gasteiger partial charge in [-0.2, -0.15) is 0 Å². The van der Waals surface area contributed by atoms with Crippen LogP contribution in [0.15, 0.2) is 24.5 Å². The van der Waals surface area contributed by atoms with Crippen LogP contribution in [0.1, 0.15) is 30.2 Å². The van der Waals surface area contributed by atoms with E-state index in [0.29, 0.717) is 6.54 Å². The second-order valence-electron chi connectivity index (χ2n) is 4.11. The molecule has 0 unspecified atom stereocenters. The van der Waals surface area contributed by atoms with Gasteiger partial charge in [-0.3, -0.25) is 4.98 Å². The fourth-order valence-electron chi connectivity index (χ4n) is 1.60.